The Bertz CT molecular complexity index is 346. The lowest BCUT2D eigenvalue weighted by atomic mass is 10.4. The first-order valence-corrected chi connectivity index (χ1v) is 4.10. The normalized spacial score (nSPS) is 9.77. The number of nitriles is 1. The Kier molecular flexibility index (Phi) is 3.04. The van der Waals surface area contributed by atoms with E-state index in [-0.39, 0.29) is 22.8 Å². The van der Waals surface area contributed by atoms with Crippen LogP contribution in [0.15, 0.2) is 6.20 Å². The van der Waals surface area contributed by atoms with Crippen molar-refractivity contribution in [2.45, 2.75) is 20.0 Å². The highest BCUT2D eigenvalue weighted by Crippen LogP contribution is 2.16. The van der Waals surface area contributed by atoms with Crippen molar-refractivity contribution in [3.05, 3.63) is 17.0 Å². The lowest BCUT2D eigenvalue weighted by molar-refractivity contribution is 0.231. The lowest BCUT2D eigenvalue weighted by Gasteiger charge is -2.08. The summed E-state index contributed by atoms with van der Waals surface area (Å²) in [5, 5.41) is 8.86. The van der Waals surface area contributed by atoms with Crippen molar-refractivity contribution in [1.82, 2.24) is 9.97 Å². The Balaban J connectivity index is 3.03. The molecule has 0 fully saturated rings. The van der Waals surface area contributed by atoms with Crippen LogP contribution in [0, 0.1) is 11.3 Å². The van der Waals surface area contributed by atoms with Crippen LogP contribution >= 0.6 is 11.6 Å². The summed E-state index contributed by atoms with van der Waals surface area (Å²) in [6, 6.07) is 1.87. The molecular formula is C8H8ClN3O. The van der Waals surface area contributed by atoms with Crippen molar-refractivity contribution in [3.63, 3.8) is 0 Å². The molecule has 68 valence electrons. The third-order valence-electron chi connectivity index (χ3n) is 1.16. The van der Waals surface area contributed by atoms with Crippen LogP contribution < -0.4 is 4.74 Å². The molecule has 0 saturated carbocycles. The van der Waals surface area contributed by atoms with Crippen molar-refractivity contribution in [1.29, 1.82) is 5.26 Å². The van der Waals surface area contributed by atoms with E-state index in [0.717, 1.165) is 0 Å². The molecular weight excluding hydrogens is 190 g/mol. The van der Waals surface area contributed by atoms with E-state index < -0.39 is 0 Å². The van der Waals surface area contributed by atoms with E-state index in [0.29, 0.717) is 0 Å². The predicted molar refractivity (Wildman–Crippen MR) is 47.5 cm³/mol. The number of nitrogens with zero attached hydrogens (tertiary/aromatic N) is 3. The third kappa shape index (κ3) is 2.56. The monoisotopic (exact) mass is 197 g/mol. The summed E-state index contributed by atoms with van der Waals surface area (Å²) in [4.78, 5) is 7.61. The summed E-state index contributed by atoms with van der Waals surface area (Å²) in [6.07, 6.45) is 1.26. The standard InChI is InChI=1S/C8H8ClN3O/c1-5(2)13-8-6(3-10)11-4-7(9)12-8/h4-5H,1-2H3. The molecule has 0 spiro atoms. The molecule has 0 aliphatic heterocycles. The quantitative estimate of drug-likeness (QED) is 0.725. The Morgan fingerprint density at radius 1 is 1.62 bits per heavy atom. The molecule has 0 atom stereocenters. The fourth-order valence-electron chi connectivity index (χ4n) is 0.734. The van der Waals surface area contributed by atoms with Gasteiger partial charge in [-0.1, -0.05) is 11.6 Å². The van der Waals surface area contributed by atoms with Crippen LogP contribution in [-0.4, -0.2) is 16.1 Å². The average molecular weight is 198 g/mol. The second-order valence-electron chi connectivity index (χ2n) is 2.62. The number of hydrogen-bond donors (Lipinski definition) is 0. The fourth-order valence-corrected chi connectivity index (χ4v) is 0.860. The second kappa shape index (κ2) is 4.06. The smallest absolute Gasteiger partial charge is 0.252 e. The molecule has 5 heteroatoms. The number of ether oxygens (including phenoxy) is 1. The second-order valence-corrected chi connectivity index (χ2v) is 3.01. The van der Waals surface area contributed by atoms with E-state index in [1.165, 1.54) is 6.20 Å². The van der Waals surface area contributed by atoms with E-state index in [9.17, 15) is 0 Å². The number of aromatic nitrogens is 2. The van der Waals surface area contributed by atoms with Gasteiger partial charge in [-0.05, 0) is 13.8 Å². The molecule has 0 unspecified atom stereocenters. The molecule has 1 heterocycles. The summed E-state index contributed by atoms with van der Waals surface area (Å²) in [5.41, 5.74) is 0.151. The maximum absolute atomic E-state index is 8.65. The number of hydrogen-bond acceptors (Lipinski definition) is 4. The summed E-state index contributed by atoms with van der Waals surface area (Å²) in [7, 11) is 0. The molecule has 0 N–H and O–H groups in total. The Morgan fingerprint density at radius 2 is 2.31 bits per heavy atom. The van der Waals surface area contributed by atoms with Gasteiger partial charge in [0.15, 0.2) is 5.15 Å². The minimum atomic E-state index is -0.0557. The van der Waals surface area contributed by atoms with Crippen LogP contribution in [0.5, 0.6) is 5.88 Å². The Hall–Kier alpha value is -1.34. The van der Waals surface area contributed by atoms with Gasteiger partial charge in [-0.3, -0.25) is 0 Å². The van der Waals surface area contributed by atoms with Crippen molar-refractivity contribution in [2.24, 2.45) is 0 Å². The number of rotatable bonds is 2. The largest absolute Gasteiger partial charge is 0.473 e. The highest BCUT2D eigenvalue weighted by molar-refractivity contribution is 6.29. The van der Waals surface area contributed by atoms with Crippen LogP contribution in [0.4, 0.5) is 0 Å². The summed E-state index contributed by atoms with van der Waals surface area (Å²) in [5.74, 6) is 0.185. The minimum Gasteiger partial charge on any atom is -0.473 e. The summed E-state index contributed by atoms with van der Waals surface area (Å²) < 4.78 is 5.24. The molecule has 1 rings (SSSR count). The van der Waals surface area contributed by atoms with Gasteiger partial charge in [-0.15, -0.1) is 0 Å². The molecule has 0 amide bonds. The first-order chi connectivity index (χ1) is 6.13. The van der Waals surface area contributed by atoms with E-state index in [4.69, 9.17) is 21.6 Å². The van der Waals surface area contributed by atoms with Gasteiger partial charge in [0.25, 0.3) is 5.88 Å². The van der Waals surface area contributed by atoms with Crippen LogP contribution in [0.1, 0.15) is 19.5 Å². The highest BCUT2D eigenvalue weighted by Gasteiger charge is 2.08. The molecule has 13 heavy (non-hydrogen) atoms. The van der Waals surface area contributed by atoms with Gasteiger partial charge in [-0.2, -0.15) is 10.2 Å². The first-order valence-electron chi connectivity index (χ1n) is 3.72. The topological polar surface area (TPSA) is 58.8 Å². The van der Waals surface area contributed by atoms with Crippen LogP contribution in [0.3, 0.4) is 0 Å². The zero-order valence-corrected chi connectivity index (χ0v) is 8.04. The molecule has 0 aliphatic carbocycles. The van der Waals surface area contributed by atoms with E-state index in [2.05, 4.69) is 9.97 Å². The van der Waals surface area contributed by atoms with Crippen molar-refractivity contribution in [3.8, 4) is 11.9 Å². The Labute approximate surface area is 81.1 Å². The van der Waals surface area contributed by atoms with Crippen molar-refractivity contribution in [2.75, 3.05) is 0 Å². The lowest BCUT2D eigenvalue weighted by Crippen LogP contribution is -2.09. The van der Waals surface area contributed by atoms with Gasteiger partial charge in [0, 0.05) is 0 Å². The molecule has 0 radical (unpaired) electrons. The SMILES string of the molecule is CC(C)Oc1nc(Cl)cnc1C#N. The molecule has 1 aromatic rings. The zero-order chi connectivity index (χ0) is 9.84. The van der Waals surface area contributed by atoms with Gasteiger partial charge in [-0.25, -0.2) is 4.98 Å². The van der Waals surface area contributed by atoms with Crippen molar-refractivity contribution < 1.29 is 4.74 Å². The van der Waals surface area contributed by atoms with Gasteiger partial charge in [0.05, 0.1) is 12.3 Å². The van der Waals surface area contributed by atoms with Crippen LogP contribution in [0.25, 0.3) is 0 Å². The van der Waals surface area contributed by atoms with Crippen LogP contribution in [0.2, 0.25) is 5.15 Å². The minimum absolute atomic E-state index is 0.0557. The summed E-state index contributed by atoms with van der Waals surface area (Å²) >= 11 is 5.59. The van der Waals surface area contributed by atoms with Crippen LogP contribution in [-0.2, 0) is 0 Å². The summed E-state index contributed by atoms with van der Waals surface area (Å²) in [6.45, 7) is 3.67. The van der Waals surface area contributed by atoms with E-state index in [1.54, 1.807) is 0 Å². The van der Waals surface area contributed by atoms with Crippen molar-refractivity contribution >= 4 is 11.6 Å². The fraction of sp³-hybridized carbons (Fsp3) is 0.375. The van der Waals surface area contributed by atoms with E-state index in [1.807, 2.05) is 19.9 Å². The Morgan fingerprint density at radius 3 is 2.85 bits per heavy atom. The van der Waals surface area contributed by atoms with Gasteiger partial charge >= 0.3 is 0 Å². The van der Waals surface area contributed by atoms with E-state index >= 15 is 0 Å². The molecule has 0 saturated heterocycles. The predicted octanol–water partition coefficient (Wildman–Crippen LogP) is 1.79. The maximum atomic E-state index is 8.65. The molecule has 0 aliphatic rings. The zero-order valence-electron chi connectivity index (χ0n) is 7.28. The average Bonchev–Trinajstić information content (AvgIpc) is 2.03. The molecule has 1 aromatic heterocycles. The third-order valence-corrected chi connectivity index (χ3v) is 1.35. The maximum Gasteiger partial charge on any atom is 0.252 e. The van der Waals surface area contributed by atoms with Gasteiger partial charge < -0.3 is 4.74 Å². The van der Waals surface area contributed by atoms with Gasteiger partial charge in [0.1, 0.15) is 6.07 Å². The number of halogens is 1. The molecule has 0 aromatic carbocycles. The molecule has 0 bridgehead atoms. The van der Waals surface area contributed by atoms with Gasteiger partial charge in [0.2, 0.25) is 5.69 Å². The first kappa shape index (κ1) is 9.75. The molecule has 4 nitrogen and oxygen atoms in total. The highest BCUT2D eigenvalue weighted by atomic mass is 35.5.